The largest absolute Gasteiger partial charge is 0.388 e. The van der Waals surface area contributed by atoms with Crippen LogP contribution in [0.4, 0.5) is 5.69 Å². The van der Waals surface area contributed by atoms with Crippen molar-refractivity contribution in [1.82, 2.24) is 0 Å². The Bertz CT molecular complexity index is 529. The molecule has 1 atom stereocenters. The normalized spacial score (nSPS) is 12.2. The Morgan fingerprint density at radius 2 is 1.56 bits per heavy atom. The molecule has 3 N–H and O–H groups in total. The molecule has 0 fully saturated rings. The highest BCUT2D eigenvalue weighted by Crippen LogP contribution is 2.27. The molecular formula is C16H20N2. The van der Waals surface area contributed by atoms with Crippen molar-refractivity contribution >= 4 is 5.69 Å². The summed E-state index contributed by atoms with van der Waals surface area (Å²) in [7, 11) is 1.93. The lowest BCUT2D eigenvalue weighted by atomic mass is 9.96. The Hall–Kier alpha value is -1.80. The molecule has 0 aliphatic heterocycles. The van der Waals surface area contributed by atoms with Crippen molar-refractivity contribution in [2.24, 2.45) is 5.73 Å². The molecule has 0 aromatic heterocycles. The third-order valence-electron chi connectivity index (χ3n) is 3.25. The zero-order valence-electron chi connectivity index (χ0n) is 11.2. The average Bonchev–Trinajstić information content (AvgIpc) is 2.38. The van der Waals surface area contributed by atoms with E-state index in [1.54, 1.807) is 0 Å². The van der Waals surface area contributed by atoms with Gasteiger partial charge in [0.25, 0.3) is 0 Å². The summed E-state index contributed by atoms with van der Waals surface area (Å²) < 4.78 is 0. The Morgan fingerprint density at radius 1 is 0.944 bits per heavy atom. The van der Waals surface area contributed by atoms with Crippen molar-refractivity contribution in [2.45, 2.75) is 19.9 Å². The molecule has 18 heavy (non-hydrogen) atoms. The van der Waals surface area contributed by atoms with Crippen LogP contribution >= 0.6 is 0 Å². The first-order valence-corrected chi connectivity index (χ1v) is 6.22. The lowest BCUT2D eigenvalue weighted by Crippen LogP contribution is -2.14. The van der Waals surface area contributed by atoms with Gasteiger partial charge in [-0.05, 0) is 36.6 Å². The SMILES string of the molecule is CNc1cc(C)ccc1C(N)c1ccc(C)cc1. The summed E-state index contributed by atoms with van der Waals surface area (Å²) in [5.74, 6) is 0. The predicted molar refractivity (Wildman–Crippen MR) is 77.9 cm³/mol. The molecule has 0 saturated carbocycles. The van der Waals surface area contributed by atoms with Crippen LogP contribution < -0.4 is 11.1 Å². The molecule has 0 aliphatic carbocycles. The fourth-order valence-corrected chi connectivity index (χ4v) is 2.11. The summed E-state index contributed by atoms with van der Waals surface area (Å²) in [5, 5.41) is 3.22. The number of nitrogens with one attached hydrogen (secondary N) is 1. The molecule has 0 radical (unpaired) electrons. The minimum Gasteiger partial charge on any atom is -0.388 e. The fraction of sp³-hybridized carbons (Fsp3) is 0.250. The lowest BCUT2D eigenvalue weighted by molar-refractivity contribution is 0.871. The average molecular weight is 240 g/mol. The van der Waals surface area contributed by atoms with Gasteiger partial charge in [0, 0.05) is 12.7 Å². The first-order chi connectivity index (χ1) is 8.61. The molecule has 0 saturated heterocycles. The van der Waals surface area contributed by atoms with Gasteiger partial charge in [0.2, 0.25) is 0 Å². The molecule has 2 aromatic rings. The standard InChI is InChI=1S/C16H20N2/c1-11-4-7-13(8-5-11)16(17)14-9-6-12(2)10-15(14)18-3/h4-10,16,18H,17H2,1-3H3. The Morgan fingerprint density at radius 3 is 2.17 bits per heavy atom. The second-order valence-electron chi connectivity index (χ2n) is 4.73. The summed E-state index contributed by atoms with van der Waals surface area (Å²) in [5.41, 5.74) is 12.2. The maximum absolute atomic E-state index is 6.35. The van der Waals surface area contributed by atoms with E-state index >= 15 is 0 Å². The van der Waals surface area contributed by atoms with Gasteiger partial charge in [0.15, 0.2) is 0 Å². The highest BCUT2D eigenvalue weighted by Gasteiger charge is 2.12. The smallest absolute Gasteiger partial charge is 0.0572 e. The van der Waals surface area contributed by atoms with Crippen LogP contribution in [0.3, 0.4) is 0 Å². The van der Waals surface area contributed by atoms with Crippen molar-refractivity contribution in [2.75, 3.05) is 12.4 Å². The molecule has 0 bridgehead atoms. The van der Waals surface area contributed by atoms with E-state index in [1.165, 1.54) is 11.1 Å². The molecular weight excluding hydrogens is 220 g/mol. The van der Waals surface area contributed by atoms with Crippen LogP contribution in [0.5, 0.6) is 0 Å². The second-order valence-corrected chi connectivity index (χ2v) is 4.73. The first-order valence-electron chi connectivity index (χ1n) is 6.22. The second kappa shape index (κ2) is 5.23. The van der Waals surface area contributed by atoms with Crippen molar-refractivity contribution in [1.29, 1.82) is 0 Å². The number of hydrogen-bond donors (Lipinski definition) is 2. The van der Waals surface area contributed by atoms with Crippen LogP contribution in [0.25, 0.3) is 0 Å². The van der Waals surface area contributed by atoms with E-state index in [2.05, 4.69) is 61.6 Å². The van der Waals surface area contributed by atoms with Gasteiger partial charge in [-0.1, -0.05) is 42.0 Å². The number of benzene rings is 2. The van der Waals surface area contributed by atoms with Crippen LogP contribution in [-0.4, -0.2) is 7.05 Å². The van der Waals surface area contributed by atoms with Gasteiger partial charge in [0.1, 0.15) is 0 Å². The molecule has 94 valence electrons. The van der Waals surface area contributed by atoms with Gasteiger partial charge in [-0.15, -0.1) is 0 Å². The van der Waals surface area contributed by atoms with Crippen molar-refractivity contribution in [3.05, 3.63) is 64.7 Å². The minimum absolute atomic E-state index is 0.0892. The predicted octanol–water partition coefficient (Wildman–Crippen LogP) is 3.39. The van der Waals surface area contributed by atoms with E-state index < -0.39 is 0 Å². The summed E-state index contributed by atoms with van der Waals surface area (Å²) in [6.07, 6.45) is 0. The topological polar surface area (TPSA) is 38.0 Å². The van der Waals surface area contributed by atoms with Gasteiger partial charge >= 0.3 is 0 Å². The van der Waals surface area contributed by atoms with E-state index in [9.17, 15) is 0 Å². The molecule has 0 spiro atoms. The molecule has 0 aliphatic rings. The summed E-state index contributed by atoms with van der Waals surface area (Å²) >= 11 is 0. The van der Waals surface area contributed by atoms with E-state index in [1.807, 2.05) is 7.05 Å². The highest BCUT2D eigenvalue weighted by atomic mass is 14.8. The minimum atomic E-state index is -0.0892. The molecule has 0 heterocycles. The number of aryl methyl sites for hydroxylation is 2. The molecule has 2 nitrogen and oxygen atoms in total. The summed E-state index contributed by atoms with van der Waals surface area (Å²) in [4.78, 5) is 0. The first kappa shape index (κ1) is 12.7. The van der Waals surface area contributed by atoms with Crippen molar-refractivity contribution < 1.29 is 0 Å². The van der Waals surface area contributed by atoms with Crippen molar-refractivity contribution in [3.8, 4) is 0 Å². The highest BCUT2D eigenvalue weighted by molar-refractivity contribution is 5.56. The summed E-state index contributed by atoms with van der Waals surface area (Å²) in [6, 6.07) is 14.6. The fourth-order valence-electron chi connectivity index (χ4n) is 2.11. The molecule has 2 heteroatoms. The van der Waals surface area contributed by atoms with Crippen molar-refractivity contribution in [3.63, 3.8) is 0 Å². The number of nitrogens with two attached hydrogens (primary N) is 1. The Labute approximate surface area is 109 Å². The lowest BCUT2D eigenvalue weighted by Gasteiger charge is -2.17. The zero-order valence-corrected chi connectivity index (χ0v) is 11.2. The molecule has 0 amide bonds. The molecule has 2 aromatic carbocycles. The Kier molecular flexibility index (Phi) is 3.68. The Balaban J connectivity index is 2.39. The van der Waals surface area contributed by atoms with Gasteiger partial charge in [-0.2, -0.15) is 0 Å². The van der Waals surface area contributed by atoms with E-state index in [0.29, 0.717) is 0 Å². The zero-order chi connectivity index (χ0) is 13.1. The van der Waals surface area contributed by atoms with Crippen LogP contribution in [-0.2, 0) is 0 Å². The van der Waals surface area contributed by atoms with Crippen LogP contribution in [0.1, 0.15) is 28.3 Å². The van der Waals surface area contributed by atoms with Crippen LogP contribution in [0.15, 0.2) is 42.5 Å². The molecule has 2 rings (SSSR count). The number of hydrogen-bond acceptors (Lipinski definition) is 2. The molecule has 1 unspecified atom stereocenters. The maximum Gasteiger partial charge on any atom is 0.0572 e. The monoisotopic (exact) mass is 240 g/mol. The van der Waals surface area contributed by atoms with E-state index in [-0.39, 0.29) is 6.04 Å². The quantitative estimate of drug-likeness (QED) is 0.863. The van der Waals surface area contributed by atoms with Crippen LogP contribution in [0.2, 0.25) is 0 Å². The van der Waals surface area contributed by atoms with Gasteiger partial charge in [-0.25, -0.2) is 0 Å². The van der Waals surface area contributed by atoms with E-state index in [4.69, 9.17) is 5.73 Å². The van der Waals surface area contributed by atoms with Gasteiger partial charge < -0.3 is 11.1 Å². The summed E-state index contributed by atoms with van der Waals surface area (Å²) in [6.45, 7) is 4.17. The third kappa shape index (κ3) is 2.54. The maximum atomic E-state index is 6.35. The van der Waals surface area contributed by atoms with Gasteiger partial charge in [0.05, 0.1) is 6.04 Å². The van der Waals surface area contributed by atoms with Gasteiger partial charge in [-0.3, -0.25) is 0 Å². The van der Waals surface area contributed by atoms with Crippen LogP contribution in [0, 0.1) is 13.8 Å². The third-order valence-corrected chi connectivity index (χ3v) is 3.25. The number of anilines is 1. The van der Waals surface area contributed by atoms with E-state index in [0.717, 1.165) is 16.8 Å². The number of rotatable bonds is 3.